The molecule has 0 radical (unpaired) electrons. The topological polar surface area (TPSA) is 78.0 Å². The molecule has 0 spiro atoms. The van der Waals surface area contributed by atoms with Crippen molar-refractivity contribution in [1.29, 1.82) is 0 Å². The summed E-state index contributed by atoms with van der Waals surface area (Å²) >= 11 is 0. The fourth-order valence-corrected chi connectivity index (χ4v) is 3.04. The quantitative estimate of drug-likeness (QED) is 0.431. The number of carbonyl (C=O) groups excluding carboxylic acids is 1. The molecule has 5 nitrogen and oxygen atoms in total. The number of rotatable bonds is 6. The molecule has 0 unspecified atom stereocenters. The minimum atomic E-state index is -0.309. The van der Waals surface area contributed by atoms with Crippen LogP contribution in [0, 0.1) is 0 Å². The normalized spacial score (nSPS) is 10.6. The third-order valence-electron chi connectivity index (χ3n) is 4.41. The van der Waals surface area contributed by atoms with Crippen molar-refractivity contribution < 1.29 is 9.90 Å². The first-order valence-electron chi connectivity index (χ1n) is 8.96. The van der Waals surface area contributed by atoms with Crippen LogP contribution in [0.15, 0.2) is 85.1 Å². The second-order valence-electron chi connectivity index (χ2n) is 6.48. The average Bonchev–Trinajstić information content (AvgIpc) is 3.17. The summed E-state index contributed by atoms with van der Waals surface area (Å²) in [5.74, 6) is 0.109. The number of nitrogens with zero attached hydrogens (tertiary/aromatic N) is 1. The van der Waals surface area contributed by atoms with Crippen LogP contribution in [0.3, 0.4) is 0 Å². The highest BCUT2D eigenvalue weighted by molar-refractivity contribution is 6.09. The maximum atomic E-state index is 12.5. The van der Waals surface area contributed by atoms with Gasteiger partial charge in [0.15, 0.2) is 0 Å². The molecule has 4 rings (SSSR count). The first-order valence-corrected chi connectivity index (χ1v) is 8.96. The van der Waals surface area contributed by atoms with Crippen LogP contribution in [-0.4, -0.2) is 20.9 Å². The van der Waals surface area contributed by atoms with Crippen LogP contribution in [0.4, 0.5) is 11.6 Å². The van der Waals surface area contributed by atoms with Crippen molar-refractivity contribution in [2.45, 2.75) is 6.42 Å². The Morgan fingerprint density at radius 1 is 0.929 bits per heavy atom. The van der Waals surface area contributed by atoms with Gasteiger partial charge in [0.2, 0.25) is 11.7 Å². The Labute approximate surface area is 162 Å². The van der Waals surface area contributed by atoms with Gasteiger partial charge in [-0.2, -0.15) is 0 Å². The number of benzene rings is 3. The molecule has 1 aromatic heterocycles. The number of carbonyl (C=O) groups is 1. The van der Waals surface area contributed by atoms with Crippen LogP contribution in [0.5, 0.6) is 5.75 Å². The van der Waals surface area contributed by atoms with Crippen LogP contribution in [0.2, 0.25) is 0 Å². The number of hydrogen-bond donors (Lipinski definition) is 3. The fraction of sp³-hybridized carbons (Fsp3) is 0.0435. The van der Waals surface area contributed by atoms with Gasteiger partial charge < -0.3 is 15.4 Å². The van der Waals surface area contributed by atoms with E-state index < -0.39 is 0 Å². The Morgan fingerprint density at radius 2 is 1.68 bits per heavy atom. The summed E-state index contributed by atoms with van der Waals surface area (Å²) in [6, 6.07) is 24.8. The second-order valence-corrected chi connectivity index (χ2v) is 6.48. The Hall–Kier alpha value is -3.86. The lowest BCUT2D eigenvalue weighted by atomic mass is 10.0. The molecule has 0 aliphatic carbocycles. The third kappa shape index (κ3) is 3.94. The molecule has 4 aromatic rings. The molecule has 3 aromatic carbocycles. The van der Waals surface area contributed by atoms with E-state index >= 15 is 0 Å². The number of aromatic nitrogens is 2. The van der Waals surface area contributed by atoms with E-state index in [2.05, 4.69) is 39.6 Å². The number of hydrogen-bond acceptors (Lipinski definition) is 4. The Bertz CT molecular complexity index is 1100. The van der Waals surface area contributed by atoms with Crippen LogP contribution in [0.25, 0.3) is 0 Å². The van der Waals surface area contributed by atoms with Gasteiger partial charge in [-0.3, -0.25) is 4.79 Å². The van der Waals surface area contributed by atoms with E-state index in [0.29, 0.717) is 11.6 Å². The van der Waals surface area contributed by atoms with Gasteiger partial charge in [0.05, 0.1) is 11.8 Å². The van der Waals surface area contributed by atoms with E-state index in [9.17, 15) is 9.90 Å². The standard InChI is InChI=1S/C23H19N3O2/c27-21-12-5-4-11-19(21)22(28)20-15-24-23(26-20)25-18-10-6-9-17(14-18)13-16-7-2-1-3-8-16/h1-12,14-15,27H,13H2,(H2,24,25,26). The molecule has 0 amide bonds. The predicted octanol–water partition coefficient (Wildman–Crippen LogP) is 4.68. The molecule has 0 atom stereocenters. The summed E-state index contributed by atoms with van der Waals surface area (Å²) < 4.78 is 0. The summed E-state index contributed by atoms with van der Waals surface area (Å²) in [7, 11) is 0. The third-order valence-corrected chi connectivity index (χ3v) is 4.41. The fourth-order valence-electron chi connectivity index (χ4n) is 3.04. The van der Waals surface area contributed by atoms with Gasteiger partial charge in [0.25, 0.3) is 0 Å². The summed E-state index contributed by atoms with van der Waals surface area (Å²) in [5, 5.41) is 13.1. The predicted molar refractivity (Wildman–Crippen MR) is 109 cm³/mol. The SMILES string of the molecule is O=C(c1cnc(Nc2cccc(Cc3ccccc3)c2)[nH]1)c1ccccc1O. The van der Waals surface area contributed by atoms with E-state index in [1.807, 2.05) is 30.3 Å². The Kier molecular flexibility index (Phi) is 4.89. The number of aromatic amines is 1. The van der Waals surface area contributed by atoms with Crippen LogP contribution >= 0.6 is 0 Å². The van der Waals surface area contributed by atoms with Gasteiger partial charge in [-0.05, 0) is 41.8 Å². The number of aromatic hydroxyl groups is 1. The molecule has 28 heavy (non-hydrogen) atoms. The van der Waals surface area contributed by atoms with Gasteiger partial charge in [0, 0.05) is 5.69 Å². The summed E-state index contributed by atoms with van der Waals surface area (Å²) in [5.41, 5.74) is 3.85. The number of phenols is 1. The average molecular weight is 369 g/mol. The van der Waals surface area contributed by atoms with Crippen molar-refractivity contribution in [3.8, 4) is 5.75 Å². The molecular weight excluding hydrogens is 350 g/mol. The number of phenolic OH excluding ortho intramolecular Hbond substituents is 1. The largest absolute Gasteiger partial charge is 0.507 e. The molecule has 1 heterocycles. The van der Waals surface area contributed by atoms with Crippen LogP contribution in [-0.2, 0) is 6.42 Å². The van der Waals surface area contributed by atoms with E-state index in [-0.39, 0.29) is 17.1 Å². The number of H-pyrrole nitrogens is 1. The van der Waals surface area contributed by atoms with Crippen molar-refractivity contribution in [3.63, 3.8) is 0 Å². The van der Waals surface area contributed by atoms with E-state index in [1.54, 1.807) is 18.2 Å². The van der Waals surface area contributed by atoms with Gasteiger partial charge in [-0.1, -0.05) is 54.6 Å². The number of anilines is 2. The van der Waals surface area contributed by atoms with E-state index in [0.717, 1.165) is 12.1 Å². The Morgan fingerprint density at radius 3 is 2.50 bits per heavy atom. The molecule has 0 fully saturated rings. The smallest absolute Gasteiger partial charge is 0.214 e. The number of nitrogens with one attached hydrogen (secondary N) is 2. The number of imidazole rings is 1. The van der Waals surface area contributed by atoms with Gasteiger partial charge in [-0.15, -0.1) is 0 Å². The highest BCUT2D eigenvalue weighted by atomic mass is 16.3. The molecule has 0 saturated carbocycles. The highest BCUT2D eigenvalue weighted by Gasteiger charge is 2.15. The van der Waals surface area contributed by atoms with Gasteiger partial charge >= 0.3 is 0 Å². The van der Waals surface area contributed by atoms with Crippen LogP contribution < -0.4 is 5.32 Å². The minimum absolute atomic E-state index is 0.0507. The Balaban J connectivity index is 1.49. The van der Waals surface area contributed by atoms with Crippen molar-refractivity contribution in [2.75, 3.05) is 5.32 Å². The van der Waals surface area contributed by atoms with E-state index in [1.165, 1.54) is 23.4 Å². The zero-order valence-electron chi connectivity index (χ0n) is 15.1. The number of ketones is 1. The maximum absolute atomic E-state index is 12.5. The lowest BCUT2D eigenvalue weighted by Crippen LogP contribution is -2.02. The van der Waals surface area contributed by atoms with Crippen molar-refractivity contribution in [3.05, 3.63) is 107 Å². The van der Waals surface area contributed by atoms with Crippen LogP contribution in [0.1, 0.15) is 27.2 Å². The molecule has 138 valence electrons. The zero-order chi connectivity index (χ0) is 19.3. The molecule has 0 saturated heterocycles. The minimum Gasteiger partial charge on any atom is -0.507 e. The lowest BCUT2D eigenvalue weighted by molar-refractivity contribution is 0.103. The van der Waals surface area contributed by atoms with Crippen molar-refractivity contribution in [2.24, 2.45) is 0 Å². The molecule has 0 aliphatic rings. The second kappa shape index (κ2) is 7.80. The molecular formula is C23H19N3O2. The summed E-state index contributed by atoms with van der Waals surface area (Å²) in [6.45, 7) is 0. The summed E-state index contributed by atoms with van der Waals surface area (Å²) in [4.78, 5) is 19.7. The highest BCUT2D eigenvalue weighted by Crippen LogP contribution is 2.21. The van der Waals surface area contributed by atoms with Gasteiger partial charge in [0.1, 0.15) is 11.4 Å². The molecule has 0 bridgehead atoms. The van der Waals surface area contributed by atoms with Gasteiger partial charge in [-0.25, -0.2) is 4.98 Å². The lowest BCUT2D eigenvalue weighted by Gasteiger charge is -2.07. The monoisotopic (exact) mass is 369 g/mol. The van der Waals surface area contributed by atoms with E-state index in [4.69, 9.17) is 0 Å². The van der Waals surface area contributed by atoms with Crippen molar-refractivity contribution >= 4 is 17.4 Å². The first-order chi connectivity index (χ1) is 13.7. The molecule has 5 heteroatoms. The number of para-hydroxylation sites is 1. The molecule has 0 aliphatic heterocycles. The zero-order valence-corrected chi connectivity index (χ0v) is 15.1. The summed E-state index contributed by atoms with van der Waals surface area (Å²) in [6.07, 6.45) is 2.30. The molecule has 3 N–H and O–H groups in total. The first kappa shape index (κ1) is 17.5. The van der Waals surface area contributed by atoms with Crippen molar-refractivity contribution in [1.82, 2.24) is 9.97 Å². The maximum Gasteiger partial charge on any atom is 0.214 e.